The van der Waals surface area contributed by atoms with Crippen LogP contribution in [0.5, 0.6) is 0 Å². The molecule has 8 nitrogen and oxygen atoms in total. The Morgan fingerprint density at radius 2 is 1.42 bits per heavy atom. The van der Waals surface area contributed by atoms with Crippen molar-refractivity contribution >= 4 is 36.0 Å². The maximum atomic E-state index is 10.9. The van der Waals surface area contributed by atoms with E-state index < -0.39 is 5.97 Å². The van der Waals surface area contributed by atoms with Gasteiger partial charge in [0.1, 0.15) is 11.6 Å². The number of esters is 1. The number of rotatable bonds is 4. The molecule has 0 unspecified atom stereocenters. The number of aromatic carboxylic acids is 1. The zero-order valence-electron chi connectivity index (χ0n) is 13.4. The van der Waals surface area contributed by atoms with Crippen molar-refractivity contribution in [3.63, 3.8) is 0 Å². The summed E-state index contributed by atoms with van der Waals surface area (Å²) in [5.74, 6) is 0.0583. The number of anilines is 2. The van der Waals surface area contributed by atoms with Crippen LogP contribution in [0.3, 0.4) is 0 Å². The van der Waals surface area contributed by atoms with E-state index in [0.29, 0.717) is 11.4 Å². The van der Waals surface area contributed by atoms with Crippen LogP contribution in [-0.4, -0.2) is 48.2 Å². The second-order valence-electron chi connectivity index (χ2n) is 4.16. The summed E-state index contributed by atoms with van der Waals surface area (Å²) < 4.78 is 4.51. The molecule has 0 aliphatic rings. The van der Waals surface area contributed by atoms with Crippen molar-refractivity contribution in [3.8, 4) is 0 Å². The molecule has 3 N–H and O–H groups in total. The summed E-state index contributed by atoms with van der Waals surface area (Å²) in [4.78, 5) is 29.1. The second kappa shape index (κ2) is 10.8. The number of halogens is 1. The SMILES string of the molecule is CNc1ccc(C(=O)O)cn1.CNc1ccc(C(=O)OC)cn1.Cl. The lowest BCUT2D eigenvalue weighted by Crippen LogP contribution is -2.02. The first-order valence-electron chi connectivity index (χ1n) is 6.61. The Bertz CT molecular complexity index is 648. The summed E-state index contributed by atoms with van der Waals surface area (Å²) in [7, 11) is 4.83. The Balaban J connectivity index is 0.000000425. The average Bonchev–Trinajstić information content (AvgIpc) is 2.61. The number of hydrogen-bond donors (Lipinski definition) is 3. The van der Waals surface area contributed by atoms with Gasteiger partial charge in [-0.2, -0.15) is 0 Å². The maximum absolute atomic E-state index is 10.9. The zero-order valence-corrected chi connectivity index (χ0v) is 14.3. The topological polar surface area (TPSA) is 113 Å². The summed E-state index contributed by atoms with van der Waals surface area (Å²) in [5, 5.41) is 14.1. The molecule has 0 saturated carbocycles. The van der Waals surface area contributed by atoms with Gasteiger partial charge in [-0.1, -0.05) is 0 Å². The molecule has 2 rings (SSSR count). The molecule has 0 amide bonds. The average molecular weight is 355 g/mol. The van der Waals surface area contributed by atoms with Crippen LogP contribution in [0, 0.1) is 0 Å². The van der Waals surface area contributed by atoms with Gasteiger partial charge in [-0.3, -0.25) is 0 Å². The van der Waals surface area contributed by atoms with Gasteiger partial charge in [0.15, 0.2) is 0 Å². The lowest BCUT2D eigenvalue weighted by atomic mass is 10.3. The van der Waals surface area contributed by atoms with Crippen molar-refractivity contribution < 1.29 is 19.4 Å². The van der Waals surface area contributed by atoms with Crippen LogP contribution < -0.4 is 10.6 Å². The number of nitrogens with zero attached hydrogens (tertiary/aromatic N) is 2. The van der Waals surface area contributed by atoms with E-state index in [9.17, 15) is 9.59 Å². The van der Waals surface area contributed by atoms with E-state index in [0.717, 1.165) is 5.82 Å². The van der Waals surface area contributed by atoms with E-state index >= 15 is 0 Å². The summed E-state index contributed by atoms with van der Waals surface area (Å²) in [6.45, 7) is 0. The normalized spacial score (nSPS) is 8.79. The highest BCUT2D eigenvalue weighted by Crippen LogP contribution is 2.04. The number of nitrogens with one attached hydrogen (secondary N) is 2. The van der Waals surface area contributed by atoms with Gasteiger partial charge >= 0.3 is 11.9 Å². The van der Waals surface area contributed by atoms with E-state index in [4.69, 9.17) is 5.11 Å². The number of carbonyl (C=O) groups excluding carboxylic acids is 1. The van der Waals surface area contributed by atoms with Gasteiger partial charge in [-0.15, -0.1) is 12.4 Å². The minimum absolute atomic E-state index is 0. The van der Waals surface area contributed by atoms with Crippen molar-refractivity contribution in [2.24, 2.45) is 0 Å². The molecule has 130 valence electrons. The molecule has 2 heterocycles. The zero-order chi connectivity index (χ0) is 17.2. The van der Waals surface area contributed by atoms with Gasteiger partial charge in [0.25, 0.3) is 0 Å². The van der Waals surface area contributed by atoms with Crippen molar-refractivity contribution in [2.45, 2.75) is 0 Å². The summed E-state index contributed by atoms with van der Waals surface area (Å²) in [6, 6.07) is 6.49. The first-order valence-corrected chi connectivity index (χ1v) is 6.61. The van der Waals surface area contributed by atoms with E-state index in [2.05, 4.69) is 25.3 Å². The molecule has 0 aromatic carbocycles. The van der Waals surface area contributed by atoms with Gasteiger partial charge < -0.3 is 20.5 Å². The number of carboxylic acids is 1. The predicted molar refractivity (Wildman–Crippen MR) is 93.1 cm³/mol. The molecule has 0 radical (unpaired) electrons. The van der Waals surface area contributed by atoms with Gasteiger partial charge in [0.05, 0.1) is 18.2 Å². The Morgan fingerprint density at radius 1 is 0.958 bits per heavy atom. The molecule has 2 aromatic rings. The number of methoxy groups -OCH3 is 1. The third kappa shape index (κ3) is 6.49. The fourth-order valence-corrected chi connectivity index (χ4v) is 1.45. The molecular formula is C15H19ClN4O4. The highest BCUT2D eigenvalue weighted by atomic mass is 35.5. The summed E-state index contributed by atoms with van der Waals surface area (Å²) >= 11 is 0. The van der Waals surface area contributed by atoms with Crippen LogP contribution in [0.4, 0.5) is 11.6 Å². The molecule has 24 heavy (non-hydrogen) atoms. The fraction of sp³-hybridized carbons (Fsp3) is 0.200. The molecule has 0 atom stereocenters. The second-order valence-corrected chi connectivity index (χ2v) is 4.16. The highest BCUT2D eigenvalue weighted by molar-refractivity contribution is 5.89. The molecule has 0 spiro atoms. The van der Waals surface area contributed by atoms with Crippen molar-refractivity contribution in [2.75, 3.05) is 31.8 Å². The first-order chi connectivity index (χ1) is 11.0. The molecule has 0 fully saturated rings. The predicted octanol–water partition coefficient (Wildman–Crippen LogP) is 2.15. The standard InChI is InChI=1S/C8H10N2O2.C7H8N2O2.ClH/c1-9-7-4-3-6(5-10-7)8(11)12-2;1-8-6-3-2-5(4-9-6)7(10)11;/h3-5H,1-2H3,(H,9,10);2-4H,1H3,(H,8,9)(H,10,11);1H. The first kappa shape index (κ1) is 21.1. The minimum atomic E-state index is -0.958. The monoisotopic (exact) mass is 354 g/mol. The molecule has 0 saturated heterocycles. The van der Waals surface area contributed by atoms with Gasteiger partial charge in [-0.05, 0) is 24.3 Å². The lowest BCUT2D eigenvalue weighted by Gasteiger charge is -2.00. The van der Waals surface area contributed by atoms with E-state index in [1.54, 1.807) is 32.3 Å². The molecule has 0 aliphatic carbocycles. The Labute approximate surface area is 145 Å². The van der Waals surface area contributed by atoms with Gasteiger partial charge in [0.2, 0.25) is 0 Å². The fourth-order valence-electron chi connectivity index (χ4n) is 1.45. The van der Waals surface area contributed by atoms with Gasteiger partial charge in [-0.25, -0.2) is 19.6 Å². The van der Waals surface area contributed by atoms with Crippen LogP contribution in [0.15, 0.2) is 36.7 Å². The largest absolute Gasteiger partial charge is 0.478 e. The van der Waals surface area contributed by atoms with Crippen LogP contribution in [-0.2, 0) is 4.74 Å². The Morgan fingerprint density at radius 3 is 1.71 bits per heavy atom. The van der Waals surface area contributed by atoms with Crippen molar-refractivity contribution in [1.29, 1.82) is 0 Å². The highest BCUT2D eigenvalue weighted by Gasteiger charge is 2.04. The third-order valence-corrected chi connectivity index (χ3v) is 2.71. The van der Waals surface area contributed by atoms with Crippen LogP contribution in [0.2, 0.25) is 0 Å². The third-order valence-electron chi connectivity index (χ3n) is 2.71. The lowest BCUT2D eigenvalue weighted by molar-refractivity contribution is 0.0599. The number of pyridine rings is 2. The molecule has 0 aliphatic heterocycles. The molecule has 2 aromatic heterocycles. The van der Waals surface area contributed by atoms with E-state index in [-0.39, 0.29) is 23.9 Å². The Kier molecular flexibility index (Phi) is 9.50. The van der Waals surface area contributed by atoms with Crippen molar-refractivity contribution in [3.05, 3.63) is 47.8 Å². The van der Waals surface area contributed by atoms with Crippen LogP contribution >= 0.6 is 12.4 Å². The smallest absolute Gasteiger partial charge is 0.339 e. The van der Waals surface area contributed by atoms with Crippen LogP contribution in [0.1, 0.15) is 20.7 Å². The quantitative estimate of drug-likeness (QED) is 0.716. The number of carbonyl (C=O) groups is 2. The summed E-state index contributed by atoms with van der Waals surface area (Å²) in [5.41, 5.74) is 0.653. The number of hydrogen-bond acceptors (Lipinski definition) is 7. The number of carboxylic acid groups (broad SMARTS) is 1. The number of aromatic nitrogens is 2. The van der Waals surface area contributed by atoms with E-state index in [1.165, 1.54) is 25.6 Å². The molecule has 0 bridgehead atoms. The van der Waals surface area contributed by atoms with Crippen molar-refractivity contribution in [1.82, 2.24) is 9.97 Å². The molecule has 9 heteroatoms. The molecular weight excluding hydrogens is 336 g/mol. The van der Waals surface area contributed by atoms with Crippen LogP contribution in [0.25, 0.3) is 0 Å². The number of ether oxygens (including phenoxy) is 1. The van der Waals surface area contributed by atoms with Gasteiger partial charge in [0, 0.05) is 26.5 Å². The minimum Gasteiger partial charge on any atom is -0.478 e. The maximum Gasteiger partial charge on any atom is 0.339 e. The summed E-state index contributed by atoms with van der Waals surface area (Å²) in [6.07, 6.45) is 2.78. The Hall–Kier alpha value is -2.87. The van der Waals surface area contributed by atoms with E-state index in [1.807, 2.05) is 0 Å².